The number of amides is 2. The van der Waals surface area contributed by atoms with Crippen LogP contribution in [-0.2, 0) is 16.0 Å². The Morgan fingerprint density at radius 1 is 1.15 bits per heavy atom. The van der Waals surface area contributed by atoms with Gasteiger partial charge in [0.05, 0.1) is 18.6 Å². The van der Waals surface area contributed by atoms with Gasteiger partial charge in [0.1, 0.15) is 0 Å². The number of aryl methyl sites for hydroxylation is 1. The summed E-state index contributed by atoms with van der Waals surface area (Å²) < 4.78 is 0. The molecule has 146 valence electrons. The lowest BCUT2D eigenvalue weighted by atomic mass is 10.0. The van der Waals surface area contributed by atoms with E-state index in [1.165, 1.54) is 5.56 Å². The van der Waals surface area contributed by atoms with E-state index in [9.17, 15) is 9.59 Å². The number of hydrogen-bond donors (Lipinski definition) is 3. The van der Waals surface area contributed by atoms with Gasteiger partial charge in [0, 0.05) is 4.88 Å². The Balaban J connectivity index is 2.05. The van der Waals surface area contributed by atoms with Crippen molar-refractivity contribution in [3.05, 3.63) is 57.8 Å². The molecule has 2 rings (SSSR count). The summed E-state index contributed by atoms with van der Waals surface area (Å²) in [4.78, 5) is 25.4. The Morgan fingerprint density at radius 2 is 1.85 bits per heavy atom. The van der Waals surface area contributed by atoms with E-state index in [0.717, 1.165) is 23.3 Å². The molecule has 6 heteroatoms. The predicted octanol–water partition coefficient (Wildman–Crippen LogP) is 3.01. The molecule has 5 nitrogen and oxygen atoms in total. The van der Waals surface area contributed by atoms with Crippen molar-refractivity contribution in [2.75, 3.05) is 6.54 Å². The lowest BCUT2D eigenvalue weighted by molar-refractivity contribution is -0.127. The zero-order valence-electron chi connectivity index (χ0n) is 16.2. The van der Waals surface area contributed by atoms with E-state index in [0.29, 0.717) is 0 Å². The van der Waals surface area contributed by atoms with Crippen LogP contribution in [0.5, 0.6) is 0 Å². The van der Waals surface area contributed by atoms with Crippen LogP contribution in [0.4, 0.5) is 0 Å². The molecular weight excluding hydrogens is 358 g/mol. The molecule has 1 aromatic heterocycles. The van der Waals surface area contributed by atoms with Crippen molar-refractivity contribution in [1.82, 2.24) is 10.6 Å². The average Bonchev–Trinajstić information content (AvgIpc) is 3.19. The molecule has 0 fully saturated rings. The summed E-state index contributed by atoms with van der Waals surface area (Å²) >= 11 is 1.59. The monoisotopic (exact) mass is 387 g/mol. The minimum atomic E-state index is -0.614. The van der Waals surface area contributed by atoms with Crippen LogP contribution < -0.4 is 16.4 Å². The number of thiophene rings is 1. The van der Waals surface area contributed by atoms with Crippen LogP contribution in [0.1, 0.15) is 49.2 Å². The van der Waals surface area contributed by atoms with Gasteiger partial charge in [-0.3, -0.25) is 9.59 Å². The number of benzene rings is 1. The van der Waals surface area contributed by atoms with Crippen LogP contribution in [0.25, 0.3) is 0 Å². The summed E-state index contributed by atoms with van der Waals surface area (Å²) in [5.74, 6) is -0.527. The second-order valence-corrected chi connectivity index (χ2v) is 7.97. The van der Waals surface area contributed by atoms with Gasteiger partial charge in [-0.25, -0.2) is 0 Å². The van der Waals surface area contributed by atoms with Crippen LogP contribution in [0, 0.1) is 5.92 Å². The summed E-state index contributed by atoms with van der Waals surface area (Å²) in [6.45, 7) is 5.82. The first-order valence-corrected chi connectivity index (χ1v) is 10.2. The molecule has 0 aliphatic carbocycles. The average molecular weight is 388 g/mol. The maximum Gasteiger partial charge on any atom is 0.240 e. The van der Waals surface area contributed by atoms with E-state index in [1.807, 2.05) is 31.4 Å². The molecular formula is C21H29N3O2S. The van der Waals surface area contributed by atoms with Crippen LogP contribution in [0.2, 0.25) is 0 Å². The highest BCUT2D eigenvalue weighted by Crippen LogP contribution is 2.26. The Hall–Kier alpha value is -2.18. The lowest BCUT2D eigenvalue weighted by Gasteiger charge is -2.20. The van der Waals surface area contributed by atoms with Crippen molar-refractivity contribution in [2.24, 2.45) is 11.7 Å². The van der Waals surface area contributed by atoms with Crippen molar-refractivity contribution >= 4 is 23.2 Å². The molecule has 2 amide bonds. The first-order chi connectivity index (χ1) is 12.9. The van der Waals surface area contributed by atoms with E-state index < -0.39 is 6.04 Å². The van der Waals surface area contributed by atoms with E-state index in [-0.39, 0.29) is 30.3 Å². The largest absolute Gasteiger partial charge is 0.346 e. The third-order valence-corrected chi connectivity index (χ3v) is 5.37. The minimum Gasteiger partial charge on any atom is -0.346 e. The molecule has 0 spiro atoms. The molecule has 4 N–H and O–H groups in total. The van der Waals surface area contributed by atoms with Crippen molar-refractivity contribution < 1.29 is 9.59 Å². The standard InChI is InChI=1S/C21H29N3O2S/c1-4-6-15-8-10-16(11-9-15)20(17-7-5-12-27-17)24-18(25)13-23-21(26)19(22)14(2)3/h5,7-12,14,19-20H,4,6,13,22H2,1-3H3,(H,23,26)(H,24,25)/t19-,20?/m0/s1. The fraction of sp³-hybridized carbons (Fsp3) is 0.429. The van der Waals surface area contributed by atoms with Gasteiger partial charge in [-0.1, -0.05) is 57.5 Å². The highest BCUT2D eigenvalue weighted by molar-refractivity contribution is 7.10. The first kappa shape index (κ1) is 21.1. The predicted molar refractivity (Wildman–Crippen MR) is 111 cm³/mol. The fourth-order valence-electron chi connectivity index (χ4n) is 2.74. The number of carbonyl (C=O) groups is 2. The normalized spacial score (nSPS) is 13.2. The van der Waals surface area contributed by atoms with Gasteiger partial charge in [-0.2, -0.15) is 0 Å². The Kier molecular flexibility index (Phi) is 8.00. The fourth-order valence-corrected chi connectivity index (χ4v) is 3.54. The van der Waals surface area contributed by atoms with Gasteiger partial charge >= 0.3 is 0 Å². The number of nitrogens with one attached hydrogen (secondary N) is 2. The highest BCUT2D eigenvalue weighted by Gasteiger charge is 2.20. The number of nitrogens with two attached hydrogens (primary N) is 1. The summed E-state index contributed by atoms with van der Waals surface area (Å²) in [6.07, 6.45) is 2.14. The summed E-state index contributed by atoms with van der Waals surface area (Å²) in [5, 5.41) is 7.64. The molecule has 0 radical (unpaired) electrons. The molecule has 0 aliphatic heterocycles. The molecule has 0 aliphatic rings. The molecule has 27 heavy (non-hydrogen) atoms. The van der Waals surface area contributed by atoms with Crippen LogP contribution in [-0.4, -0.2) is 24.4 Å². The smallest absolute Gasteiger partial charge is 0.240 e. The maximum atomic E-state index is 12.4. The zero-order valence-corrected chi connectivity index (χ0v) is 17.0. The third-order valence-electron chi connectivity index (χ3n) is 4.43. The van der Waals surface area contributed by atoms with Crippen LogP contribution >= 0.6 is 11.3 Å². The molecule has 1 aromatic carbocycles. The Morgan fingerprint density at radius 3 is 2.41 bits per heavy atom. The molecule has 0 bridgehead atoms. The summed E-state index contributed by atoms with van der Waals surface area (Å²) in [6, 6.07) is 11.5. The van der Waals surface area contributed by atoms with Crippen molar-refractivity contribution in [3.63, 3.8) is 0 Å². The maximum absolute atomic E-state index is 12.4. The van der Waals surface area contributed by atoms with Crippen molar-refractivity contribution in [1.29, 1.82) is 0 Å². The molecule has 2 aromatic rings. The summed E-state index contributed by atoms with van der Waals surface area (Å²) in [5.41, 5.74) is 8.12. The topological polar surface area (TPSA) is 84.2 Å². The second-order valence-electron chi connectivity index (χ2n) is 7.00. The van der Waals surface area contributed by atoms with Crippen LogP contribution in [0.3, 0.4) is 0 Å². The SMILES string of the molecule is CCCc1ccc(C(NC(=O)CNC(=O)[C@@H](N)C(C)C)c2cccs2)cc1. The molecule has 1 heterocycles. The van der Waals surface area contributed by atoms with Crippen molar-refractivity contribution in [3.8, 4) is 0 Å². The van der Waals surface area contributed by atoms with Crippen LogP contribution in [0.15, 0.2) is 41.8 Å². The van der Waals surface area contributed by atoms with Gasteiger partial charge in [-0.15, -0.1) is 11.3 Å². The van der Waals surface area contributed by atoms with Gasteiger partial charge < -0.3 is 16.4 Å². The van der Waals surface area contributed by atoms with Gasteiger partial charge in [0.25, 0.3) is 0 Å². The van der Waals surface area contributed by atoms with Crippen molar-refractivity contribution in [2.45, 2.75) is 45.7 Å². The lowest BCUT2D eigenvalue weighted by Crippen LogP contribution is -2.47. The van der Waals surface area contributed by atoms with Gasteiger partial charge in [0.2, 0.25) is 11.8 Å². The molecule has 0 saturated heterocycles. The summed E-state index contributed by atoms with van der Waals surface area (Å²) in [7, 11) is 0. The van der Waals surface area contributed by atoms with E-state index in [1.54, 1.807) is 11.3 Å². The number of rotatable bonds is 9. The number of hydrogen-bond acceptors (Lipinski definition) is 4. The second kappa shape index (κ2) is 10.2. The number of carbonyl (C=O) groups excluding carboxylic acids is 2. The van der Waals surface area contributed by atoms with E-state index >= 15 is 0 Å². The molecule has 0 saturated carbocycles. The Labute approximate surface area is 165 Å². The van der Waals surface area contributed by atoms with Gasteiger partial charge in [-0.05, 0) is 34.9 Å². The minimum absolute atomic E-state index is 0.0218. The molecule has 2 atom stereocenters. The molecule has 1 unspecified atom stereocenters. The van der Waals surface area contributed by atoms with E-state index in [4.69, 9.17) is 5.73 Å². The van der Waals surface area contributed by atoms with E-state index in [2.05, 4.69) is 41.8 Å². The van der Waals surface area contributed by atoms with Gasteiger partial charge in [0.15, 0.2) is 0 Å². The third kappa shape index (κ3) is 6.19. The quantitative estimate of drug-likeness (QED) is 0.618. The Bertz CT molecular complexity index is 726. The highest BCUT2D eigenvalue weighted by atomic mass is 32.1. The zero-order chi connectivity index (χ0) is 19.8. The first-order valence-electron chi connectivity index (χ1n) is 9.37.